The molecule has 0 aliphatic carbocycles. The molecule has 1 heterocycles. The van der Waals surface area contributed by atoms with E-state index in [1.165, 1.54) is 4.53 Å². The summed E-state index contributed by atoms with van der Waals surface area (Å²) in [5, 5.41) is 0.801. The second-order valence-corrected chi connectivity index (χ2v) is 14.6. The molecule has 0 amide bonds. The third-order valence-corrected chi connectivity index (χ3v) is 5.52. The van der Waals surface area contributed by atoms with Crippen LogP contribution in [0.5, 0.6) is 0 Å². The number of aromatic nitrogens is 1. The molecule has 1 aromatic rings. The van der Waals surface area contributed by atoms with E-state index in [1.54, 1.807) is 6.20 Å². The first-order valence-electron chi connectivity index (χ1n) is 3.62. The monoisotopic (exact) mass is 231 g/mol. The van der Waals surface area contributed by atoms with E-state index in [9.17, 15) is 0 Å². The third kappa shape index (κ3) is 2.49. The Morgan fingerprint density at radius 2 is 2.00 bits per heavy atom. The van der Waals surface area contributed by atoms with Crippen molar-refractivity contribution in [3.8, 4) is 0 Å². The zero-order valence-electron chi connectivity index (χ0n) is 7.06. The second-order valence-electron chi connectivity index (χ2n) is 3.61. The summed E-state index contributed by atoms with van der Waals surface area (Å²) in [6.07, 6.45) is 1.79. The molecule has 0 spiro atoms. The molecule has 0 aliphatic rings. The van der Waals surface area contributed by atoms with Crippen molar-refractivity contribution in [3.63, 3.8) is 0 Å². The number of hydrogen-bond acceptors (Lipinski definition) is 1. The Morgan fingerprint density at radius 3 is 2.36 bits per heavy atom. The van der Waals surface area contributed by atoms with Crippen LogP contribution >= 0.6 is 11.6 Å². The van der Waals surface area contributed by atoms with Crippen molar-refractivity contribution in [2.45, 2.75) is 17.3 Å². The van der Waals surface area contributed by atoms with Gasteiger partial charge < -0.3 is 0 Å². The van der Waals surface area contributed by atoms with Crippen LogP contribution in [-0.2, 0) is 0 Å². The molecule has 0 bridgehead atoms. The van der Waals surface area contributed by atoms with Crippen molar-refractivity contribution in [1.82, 2.24) is 4.98 Å². The van der Waals surface area contributed by atoms with Crippen molar-refractivity contribution in [3.05, 3.63) is 23.4 Å². The van der Waals surface area contributed by atoms with Gasteiger partial charge in [0.1, 0.15) is 0 Å². The van der Waals surface area contributed by atoms with Gasteiger partial charge in [-0.1, -0.05) is 0 Å². The fourth-order valence-electron chi connectivity index (χ4n) is 0.815. The van der Waals surface area contributed by atoms with Crippen LogP contribution in [0.25, 0.3) is 0 Å². The first kappa shape index (κ1) is 9.07. The van der Waals surface area contributed by atoms with Crippen LogP contribution in [0.2, 0.25) is 22.3 Å². The average Bonchev–Trinajstić information content (AvgIpc) is 1.86. The van der Waals surface area contributed by atoms with Crippen LogP contribution in [-0.4, -0.2) is 18.3 Å². The summed E-state index contributed by atoms with van der Waals surface area (Å²) in [4.78, 5) is 4.31. The van der Waals surface area contributed by atoms with Gasteiger partial charge >= 0.3 is 75.0 Å². The molecule has 0 saturated carbocycles. The standard InChI is InChI=1S/C8H12ClGeN/c1-10(2,3)8-6-7(9)4-5-11-8/h4-6H,1-3H3. The molecule has 0 fully saturated rings. The molecule has 0 unspecified atom stereocenters. The van der Waals surface area contributed by atoms with Crippen LogP contribution < -0.4 is 4.53 Å². The molecule has 0 saturated heterocycles. The van der Waals surface area contributed by atoms with Crippen molar-refractivity contribution in [1.29, 1.82) is 0 Å². The van der Waals surface area contributed by atoms with Gasteiger partial charge in [0.2, 0.25) is 0 Å². The number of rotatable bonds is 1. The van der Waals surface area contributed by atoms with Gasteiger partial charge in [-0.15, -0.1) is 0 Å². The predicted molar refractivity (Wildman–Crippen MR) is 52.2 cm³/mol. The minimum absolute atomic E-state index is 0.801. The summed E-state index contributed by atoms with van der Waals surface area (Å²) in [7, 11) is 0. The van der Waals surface area contributed by atoms with Gasteiger partial charge in [-0.2, -0.15) is 0 Å². The number of halogens is 1. The van der Waals surface area contributed by atoms with E-state index in [2.05, 4.69) is 22.3 Å². The van der Waals surface area contributed by atoms with Gasteiger partial charge in [0.25, 0.3) is 0 Å². The fraction of sp³-hybridized carbons (Fsp3) is 0.375. The Labute approximate surface area is 75.2 Å². The van der Waals surface area contributed by atoms with Crippen LogP contribution in [0.15, 0.2) is 18.3 Å². The summed E-state index contributed by atoms with van der Waals surface area (Å²) in [6.45, 7) is 0. The van der Waals surface area contributed by atoms with Crippen LogP contribution in [0.4, 0.5) is 0 Å². The first-order chi connectivity index (χ1) is 5.00. The molecule has 1 rings (SSSR count). The van der Waals surface area contributed by atoms with Gasteiger partial charge in [-0.05, 0) is 0 Å². The van der Waals surface area contributed by atoms with E-state index in [1.807, 2.05) is 12.1 Å². The van der Waals surface area contributed by atoms with E-state index in [4.69, 9.17) is 11.6 Å². The Morgan fingerprint density at radius 1 is 1.36 bits per heavy atom. The summed E-state index contributed by atoms with van der Waals surface area (Å²) in [5.41, 5.74) is 0. The van der Waals surface area contributed by atoms with Gasteiger partial charge in [-0.3, -0.25) is 0 Å². The topological polar surface area (TPSA) is 12.9 Å². The summed E-state index contributed by atoms with van der Waals surface area (Å²) < 4.78 is 1.22. The fourth-order valence-corrected chi connectivity index (χ4v) is 3.37. The molecule has 0 atom stereocenters. The molecular weight excluding hydrogens is 218 g/mol. The van der Waals surface area contributed by atoms with Crippen molar-refractivity contribution in [2.24, 2.45) is 0 Å². The zero-order valence-corrected chi connectivity index (χ0v) is 9.91. The Bertz CT molecular complexity index is 255. The molecule has 11 heavy (non-hydrogen) atoms. The van der Waals surface area contributed by atoms with Gasteiger partial charge in [0, 0.05) is 0 Å². The minimum atomic E-state index is -1.73. The average molecular weight is 230 g/mol. The first-order valence-corrected chi connectivity index (χ1v) is 11.3. The zero-order chi connectivity index (χ0) is 8.48. The quantitative estimate of drug-likeness (QED) is 0.674. The van der Waals surface area contributed by atoms with Crippen molar-refractivity contribution < 1.29 is 0 Å². The summed E-state index contributed by atoms with van der Waals surface area (Å²) in [6, 6.07) is 3.81. The number of pyridine rings is 1. The van der Waals surface area contributed by atoms with Gasteiger partial charge in [0.15, 0.2) is 0 Å². The molecule has 0 aliphatic heterocycles. The molecule has 0 aromatic carbocycles. The molecule has 0 radical (unpaired) electrons. The van der Waals surface area contributed by atoms with Crippen LogP contribution in [0, 0.1) is 0 Å². The molecule has 1 aromatic heterocycles. The Kier molecular flexibility index (Phi) is 2.60. The number of hydrogen-bond donors (Lipinski definition) is 0. The van der Waals surface area contributed by atoms with Gasteiger partial charge in [0.05, 0.1) is 0 Å². The summed E-state index contributed by atoms with van der Waals surface area (Å²) >= 11 is 4.11. The van der Waals surface area contributed by atoms with E-state index in [0.717, 1.165) is 5.02 Å². The Hall–Kier alpha value is -0.0171. The van der Waals surface area contributed by atoms with E-state index in [0.29, 0.717) is 0 Å². The van der Waals surface area contributed by atoms with Gasteiger partial charge in [-0.25, -0.2) is 0 Å². The van der Waals surface area contributed by atoms with E-state index < -0.39 is 13.3 Å². The van der Waals surface area contributed by atoms with E-state index >= 15 is 0 Å². The predicted octanol–water partition coefficient (Wildman–Crippen LogP) is 2.28. The maximum absolute atomic E-state index is 5.84. The molecule has 3 heteroatoms. The maximum atomic E-state index is 5.84. The van der Waals surface area contributed by atoms with Crippen LogP contribution in [0.3, 0.4) is 0 Å². The number of nitrogens with zero attached hydrogens (tertiary/aromatic N) is 1. The normalized spacial score (nSPS) is 11.6. The Balaban J connectivity index is 3.06. The molecular formula is C8H12ClGeN. The molecule has 0 N–H and O–H groups in total. The van der Waals surface area contributed by atoms with Crippen LogP contribution in [0.1, 0.15) is 0 Å². The summed E-state index contributed by atoms with van der Waals surface area (Å²) in [5.74, 6) is 6.91. The van der Waals surface area contributed by atoms with Crippen molar-refractivity contribution in [2.75, 3.05) is 0 Å². The van der Waals surface area contributed by atoms with E-state index in [-0.39, 0.29) is 0 Å². The van der Waals surface area contributed by atoms with Crippen molar-refractivity contribution >= 4 is 29.4 Å². The SMILES string of the molecule is [CH3][Ge]([CH3])([CH3])[c]1cc(Cl)ccn1. The molecule has 60 valence electrons. The molecule has 1 nitrogen and oxygen atoms in total. The third-order valence-electron chi connectivity index (χ3n) is 1.49. The second kappa shape index (κ2) is 3.15.